The Hall–Kier alpha value is -2.40. The first-order valence-corrected chi connectivity index (χ1v) is 6.39. The van der Waals surface area contributed by atoms with Crippen LogP contribution in [0.2, 0.25) is 0 Å². The van der Waals surface area contributed by atoms with Crippen molar-refractivity contribution >= 4 is 11.0 Å². The third-order valence-corrected chi connectivity index (χ3v) is 3.39. The van der Waals surface area contributed by atoms with E-state index in [-0.39, 0.29) is 0 Å². The van der Waals surface area contributed by atoms with Crippen molar-refractivity contribution < 1.29 is 4.74 Å². The van der Waals surface area contributed by atoms with Crippen molar-refractivity contribution in [2.75, 3.05) is 7.11 Å². The van der Waals surface area contributed by atoms with Crippen LogP contribution in [-0.4, -0.2) is 21.6 Å². The van der Waals surface area contributed by atoms with Gasteiger partial charge in [0.05, 0.1) is 23.7 Å². The van der Waals surface area contributed by atoms with Crippen LogP contribution in [0.5, 0.6) is 5.88 Å². The number of hydrogen-bond acceptors (Lipinski definition) is 4. The van der Waals surface area contributed by atoms with Gasteiger partial charge in [-0.05, 0) is 29.8 Å². The predicted octanol–water partition coefficient (Wildman–Crippen LogP) is 2.10. The highest BCUT2D eigenvalue weighted by Crippen LogP contribution is 2.29. The maximum Gasteiger partial charge on any atom is 0.224 e. The van der Waals surface area contributed by atoms with E-state index in [0.717, 1.165) is 28.0 Å². The first-order valence-electron chi connectivity index (χ1n) is 6.39. The molecule has 1 aromatic carbocycles. The van der Waals surface area contributed by atoms with Crippen LogP contribution < -0.4 is 10.5 Å². The molecule has 0 saturated carbocycles. The van der Waals surface area contributed by atoms with Gasteiger partial charge in [0.15, 0.2) is 0 Å². The quantitative estimate of drug-likeness (QED) is 0.790. The molecule has 102 valence electrons. The Bertz CT molecular complexity index is 764. The van der Waals surface area contributed by atoms with Crippen LogP contribution in [0.25, 0.3) is 22.4 Å². The number of aryl methyl sites for hydroxylation is 1. The summed E-state index contributed by atoms with van der Waals surface area (Å²) in [6.07, 6.45) is 1.71. The summed E-state index contributed by atoms with van der Waals surface area (Å²) in [5, 5.41) is 0. The Morgan fingerprint density at radius 2 is 2.15 bits per heavy atom. The number of rotatable bonds is 3. The molecule has 20 heavy (non-hydrogen) atoms. The number of nitrogens with two attached hydrogens (primary N) is 1. The third kappa shape index (κ3) is 1.92. The Morgan fingerprint density at radius 3 is 2.90 bits per heavy atom. The number of aromatic nitrogens is 3. The molecular formula is C15H16N4O. The molecule has 2 heterocycles. The molecule has 3 rings (SSSR count). The maximum atomic E-state index is 5.69. The molecule has 2 aromatic heterocycles. The molecule has 2 N–H and O–H groups in total. The predicted molar refractivity (Wildman–Crippen MR) is 78.4 cm³/mol. The van der Waals surface area contributed by atoms with E-state index in [0.29, 0.717) is 12.4 Å². The van der Waals surface area contributed by atoms with Crippen molar-refractivity contribution in [3.05, 3.63) is 42.1 Å². The summed E-state index contributed by atoms with van der Waals surface area (Å²) in [6.45, 7) is 0.521. The molecule has 0 fully saturated rings. The van der Waals surface area contributed by atoms with Gasteiger partial charge in [0, 0.05) is 19.8 Å². The highest BCUT2D eigenvalue weighted by atomic mass is 16.5. The second kappa shape index (κ2) is 4.94. The third-order valence-electron chi connectivity index (χ3n) is 3.39. The zero-order chi connectivity index (χ0) is 14.1. The Morgan fingerprint density at radius 1 is 1.30 bits per heavy atom. The van der Waals surface area contributed by atoms with Gasteiger partial charge in [-0.3, -0.25) is 0 Å². The fourth-order valence-electron chi connectivity index (χ4n) is 2.33. The van der Waals surface area contributed by atoms with Gasteiger partial charge >= 0.3 is 0 Å². The molecular weight excluding hydrogens is 252 g/mol. The summed E-state index contributed by atoms with van der Waals surface area (Å²) in [5.74, 6) is 1.41. The Labute approximate surface area is 117 Å². The van der Waals surface area contributed by atoms with Crippen LogP contribution in [0.15, 0.2) is 36.5 Å². The molecule has 0 aliphatic rings. The van der Waals surface area contributed by atoms with E-state index in [4.69, 9.17) is 10.5 Å². The minimum absolute atomic E-state index is 0.521. The summed E-state index contributed by atoms with van der Waals surface area (Å²) in [4.78, 5) is 8.89. The van der Waals surface area contributed by atoms with Gasteiger partial charge in [-0.15, -0.1) is 0 Å². The van der Waals surface area contributed by atoms with Crippen molar-refractivity contribution in [2.45, 2.75) is 6.54 Å². The molecule has 5 nitrogen and oxygen atoms in total. The van der Waals surface area contributed by atoms with Gasteiger partial charge in [-0.1, -0.05) is 6.07 Å². The Kier molecular flexibility index (Phi) is 3.12. The monoisotopic (exact) mass is 268 g/mol. The second-order valence-corrected chi connectivity index (χ2v) is 4.58. The lowest BCUT2D eigenvalue weighted by Crippen LogP contribution is -1.98. The van der Waals surface area contributed by atoms with E-state index in [2.05, 4.69) is 16.0 Å². The molecule has 5 heteroatoms. The minimum Gasteiger partial charge on any atom is -0.480 e. The van der Waals surface area contributed by atoms with Crippen LogP contribution in [0.4, 0.5) is 0 Å². The van der Waals surface area contributed by atoms with Gasteiger partial charge in [0.2, 0.25) is 5.88 Å². The highest BCUT2D eigenvalue weighted by Gasteiger charge is 2.14. The van der Waals surface area contributed by atoms with Crippen molar-refractivity contribution in [1.82, 2.24) is 14.5 Å². The molecule has 3 aromatic rings. The standard InChI is InChI=1S/C15H16N4O/c1-19-13-8-10(9-16)5-6-12(13)18-14(19)11-4-3-7-17-15(11)20-2/h3-8H,9,16H2,1-2H3. The van der Waals surface area contributed by atoms with E-state index < -0.39 is 0 Å². The molecule has 0 aliphatic heterocycles. The van der Waals surface area contributed by atoms with Crippen LogP contribution in [0.1, 0.15) is 5.56 Å². The number of pyridine rings is 1. The number of ether oxygens (including phenoxy) is 1. The average Bonchev–Trinajstić information content (AvgIpc) is 2.83. The van der Waals surface area contributed by atoms with Crippen molar-refractivity contribution in [1.29, 1.82) is 0 Å². The fourth-order valence-corrected chi connectivity index (χ4v) is 2.33. The van der Waals surface area contributed by atoms with Gasteiger partial charge in [0.1, 0.15) is 5.82 Å². The molecule has 0 unspecified atom stereocenters. The maximum absolute atomic E-state index is 5.69. The second-order valence-electron chi connectivity index (χ2n) is 4.58. The number of fused-ring (bicyclic) bond motifs is 1. The first kappa shape index (κ1) is 12.6. The minimum atomic E-state index is 0.521. The average molecular weight is 268 g/mol. The summed E-state index contributed by atoms with van der Waals surface area (Å²) >= 11 is 0. The number of methoxy groups -OCH3 is 1. The molecule has 0 aliphatic carbocycles. The first-order chi connectivity index (χ1) is 9.74. The van der Waals surface area contributed by atoms with Gasteiger partial charge < -0.3 is 15.0 Å². The van der Waals surface area contributed by atoms with Crippen molar-refractivity contribution in [2.24, 2.45) is 12.8 Å². The van der Waals surface area contributed by atoms with Crippen LogP contribution >= 0.6 is 0 Å². The van der Waals surface area contributed by atoms with Crippen LogP contribution in [0, 0.1) is 0 Å². The lowest BCUT2D eigenvalue weighted by molar-refractivity contribution is 0.399. The highest BCUT2D eigenvalue weighted by molar-refractivity contribution is 5.82. The molecule has 0 spiro atoms. The number of imidazole rings is 1. The van der Waals surface area contributed by atoms with E-state index >= 15 is 0 Å². The van der Waals surface area contributed by atoms with E-state index in [1.54, 1.807) is 13.3 Å². The van der Waals surface area contributed by atoms with E-state index in [1.807, 2.05) is 35.9 Å². The summed E-state index contributed by atoms with van der Waals surface area (Å²) < 4.78 is 7.35. The summed E-state index contributed by atoms with van der Waals surface area (Å²) in [5.41, 5.74) is 9.65. The topological polar surface area (TPSA) is 66.0 Å². The molecule has 0 amide bonds. The summed E-state index contributed by atoms with van der Waals surface area (Å²) in [7, 11) is 3.60. The van der Waals surface area contributed by atoms with Crippen LogP contribution in [-0.2, 0) is 13.6 Å². The number of hydrogen-bond donors (Lipinski definition) is 1. The SMILES string of the molecule is COc1ncccc1-c1nc2ccc(CN)cc2n1C. The number of benzene rings is 1. The lowest BCUT2D eigenvalue weighted by atomic mass is 10.2. The van der Waals surface area contributed by atoms with Gasteiger partial charge in [0.25, 0.3) is 0 Å². The zero-order valence-electron chi connectivity index (χ0n) is 11.5. The lowest BCUT2D eigenvalue weighted by Gasteiger charge is -2.06. The van der Waals surface area contributed by atoms with Gasteiger partial charge in [-0.25, -0.2) is 9.97 Å². The van der Waals surface area contributed by atoms with Crippen molar-refractivity contribution in [3.8, 4) is 17.3 Å². The number of nitrogens with zero attached hydrogens (tertiary/aromatic N) is 3. The zero-order valence-corrected chi connectivity index (χ0v) is 11.5. The van der Waals surface area contributed by atoms with E-state index in [9.17, 15) is 0 Å². The molecule has 0 atom stereocenters. The van der Waals surface area contributed by atoms with E-state index in [1.165, 1.54) is 0 Å². The Balaban J connectivity index is 2.24. The van der Waals surface area contributed by atoms with Crippen LogP contribution in [0.3, 0.4) is 0 Å². The van der Waals surface area contributed by atoms with Gasteiger partial charge in [-0.2, -0.15) is 0 Å². The summed E-state index contributed by atoms with van der Waals surface area (Å²) in [6, 6.07) is 9.89. The smallest absolute Gasteiger partial charge is 0.224 e. The molecule has 0 radical (unpaired) electrons. The molecule has 0 saturated heterocycles. The normalized spacial score (nSPS) is 10.9. The fraction of sp³-hybridized carbons (Fsp3) is 0.200. The van der Waals surface area contributed by atoms with Crippen molar-refractivity contribution in [3.63, 3.8) is 0 Å². The largest absolute Gasteiger partial charge is 0.480 e. The molecule has 0 bridgehead atoms.